The summed E-state index contributed by atoms with van der Waals surface area (Å²) in [6.45, 7) is 6.60. The number of aromatic nitrogens is 3. The summed E-state index contributed by atoms with van der Waals surface area (Å²) in [4.78, 5) is 12.7. The largest absolute Gasteiger partial charge is 0.444 e. The Morgan fingerprint density at radius 2 is 1.95 bits per heavy atom. The molecule has 6 heteroatoms. The maximum Gasteiger partial charge on any atom is 0.213 e. The molecular weight excluding hydrogens is 242 g/mol. The average molecular weight is 261 g/mol. The predicted molar refractivity (Wildman–Crippen MR) is 74.2 cm³/mol. The molecule has 2 aromatic rings. The number of aryl methyl sites for hydroxylation is 1. The molecule has 2 aromatic heterocycles. The van der Waals surface area contributed by atoms with E-state index in [4.69, 9.17) is 4.42 Å². The minimum atomic E-state index is 0.317. The molecule has 0 spiro atoms. The summed E-state index contributed by atoms with van der Waals surface area (Å²) in [6.07, 6.45) is 3.25. The van der Waals surface area contributed by atoms with Crippen LogP contribution in [0.1, 0.15) is 37.0 Å². The van der Waals surface area contributed by atoms with Crippen molar-refractivity contribution < 1.29 is 4.42 Å². The average Bonchev–Trinajstić information content (AvgIpc) is 2.81. The van der Waals surface area contributed by atoms with E-state index in [-0.39, 0.29) is 0 Å². The van der Waals surface area contributed by atoms with Crippen LogP contribution in [0.2, 0.25) is 0 Å². The van der Waals surface area contributed by atoms with E-state index < -0.39 is 0 Å². The van der Waals surface area contributed by atoms with E-state index in [0.29, 0.717) is 18.4 Å². The van der Waals surface area contributed by atoms with Gasteiger partial charge in [0, 0.05) is 12.6 Å². The maximum atomic E-state index is 5.43. The van der Waals surface area contributed by atoms with Crippen LogP contribution < -0.4 is 10.6 Å². The Bertz CT molecular complexity index is 550. The summed E-state index contributed by atoms with van der Waals surface area (Å²) in [5, 5.41) is 6.34. The fraction of sp³-hybridized carbons (Fsp3) is 0.462. The first kappa shape index (κ1) is 13.3. The molecular formula is C13H19N5O. The van der Waals surface area contributed by atoms with Crippen molar-refractivity contribution in [2.75, 3.05) is 17.7 Å². The van der Waals surface area contributed by atoms with E-state index in [1.807, 2.05) is 14.0 Å². The lowest BCUT2D eigenvalue weighted by molar-refractivity contribution is 0.478. The highest BCUT2D eigenvalue weighted by Crippen LogP contribution is 2.28. The third-order valence-corrected chi connectivity index (χ3v) is 2.77. The van der Waals surface area contributed by atoms with Crippen molar-refractivity contribution in [1.82, 2.24) is 15.0 Å². The molecule has 0 aliphatic heterocycles. The Morgan fingerprint density at radius 3 is 2.53 bits per heavy atom. The van der Waals surface area contributed by atoms with E-state index in [9.17, 15) is 0 Å². The zero-order valence-electron chi connectivity index (χ0n) is 11.7. The fourth-order valence-electron chi connectivity index (χ4n) is 1.93. The van der Waals surface area contributed by atoms with E-state index >= 15 is 0 Å². The van der Waals surface area contributed by atoms with Crippen LogP contribution in [0, 0.1) is 6.92 Å². The third kappa shape index (κ3) is 3.01. The molecule has 0 aromatic carbocycles. The summed E-state index contributed by atoms with van der Waals surface area (Å²) in [7, 11) is 1.86. The van der Waals surface area contributed by atoms with Crippen LogP contribution in [0.5, 0.6) is 0 Å². The van der Waals surface area contributed by atoms with Gasteiger partial charge in [-0.1, -0.05) is 13.8 Å². The van der Waals surface area contributed by atoms with Crippen molar-refractivity contribution in [1.29, 1.82) is 0 Å². The highest BCUT2D eigenvalue weighted by atomic mass is 16.4. The molecule has 6 nitrogen and oxygen atoms in total. The van der Waals surface area contributed by atoms with Gasteiger partial charge in [0.05, 0.1) is 12.7 Å². The van der Waals surface area contributed by atoms with E-state index in [1.165, 1.54) is 0 Å². The van der Waals surface area contributed by atoms with Gasteiger partial charge in [-0.25, -0.2) is 15.0 Å². The van der Waals surface area contributed by atoms with Crippen LogP contribution >= 0.6 is 0 Å². The Morgan fingerprint density at radius 1 is 1.21 bits per heavy atom. The summed E-state index contributed by atoms with van der Waals surface area (Å²) in [6, 6.07) is 0. The molecule has 0 saturated carbocycles. The number of nitrogens with one attached hydrogen (secondary N) is 2. The van der Waals surface area contributed by atoms with Crippen molar-refractivity contribution in [3.8, 4) is 0 Å². The molecule has 0 saturated heterocycles. The Hall–Kier alpha value is -2.11. The van der Waals surface area contributed by atoms with Crippen LogP contribution in [-0.2, 0) is 6.54 Å². The van der Waals surface area contributed by atoms with Crippen LogP contribution in [0.25, 0.3) is 0 Å². The Labute approximate surface area is 112 Å². The number of nitrogens with zero attached hydrogens (tertiary/aromatic N) is 3. The fourth-order valence-corrected chi connectivity index (χ4v) is 1.93. The number of oxazole rings is 1. The van der Waals surface area contributed by atoms with Gasteiger partial charge in [-0.3, -0.25) is 0 Å². The first-order chi connectivity index (χ1) is 9.11. The van der Waals surface area contributed by atoms with Crippen molar-refractivity contribution in [2.45, 2.75) is 33.2 Å². The summed E-state index contributed by atoms with van der Waals surface area (Å²) in [5.41, 5.74) is 1.06. The van der Waals surface area contributed by atoms with Crippen molar-refractivity contribution in [2.24, 2.45) is 0 Å². The first-order valence-electron chi connectivity index (χ1n) is 6.29. The van der Waals surface area contributed by atoms with Gasteiger partial charge in [0.1, 0.15) is 23.7 Å². The highest BCUT2D eigenvalue weighted by molar-refractivity contribution is 5.58. The SMILES string of the molecule is CNc1ncnc(NCc2ncc(C)o2)c1C(C)C. The maximum absolute atomic E-state index is 5.43. The summed E-state index contributed by atoms with van der Waals surface area (Å²) >= 11 is 0. The minimum absolute atomic E-state index is 0.317. The number of hydrogen-bond acceptors (Lipinski definition) is 6. The van der Waals surface area contributed by atoms with Crippen LogP contribution in [-0.4, -0.2) is 22.0 Å². The van der Waals surface area contributed by atoms with E-state index in [1.54, 1.807) is 12.5 Å². The molecule has 0 unspecified atom stereocenters. The van der Waals surface area contributed by atoms with Gasteiger partial charge in [0.2, 0.25) is 5.89 Å². The van der Waals surface area contributed by atoms with Crippen LogP contribution in [0.15, 0.2) is 16.9 Å². The molecule has 2 heterocycles. The van der Waals surface area contributed by atoms with Gasteiger partial charge in [-0.05, 0) is 12.8 Å². The smallest absolute Gasteiger partial charge is 0.213 e. The molecule has 2 N–H and O–H groups in total. The van der Waals surface area contributed by atoms with Gasteiger partial charge in [-0.2, -0.15) is 0 Å². The zero-order chi connectivity index (χ0) is 13.8. The standard InChI is InChI=1S/C13H19N5O/c1-8(2)11-12(14-4)17-7-18-13(11)16-6-10-15-5-9(3)19-10/h5,7-8H,6H2,1-4H3,(H2,14,16,17,18). The predicted octanol–water partition coefficient (Wildman–Crippen LogP) is 2.55. The highest BCUT2D eigenvalue weighted by Gasteiger charge is 2.14. The molecule has 0 amide bonds. The molecule has 0 fully saturated rings. The lowest BCUT2D eigenvalue weighted by Crippen LogP contribution is -2.09. The van der Waals surface area contributed by atoms with Crippen LogP contribution in [0.4, 0.5) is 11.6 Å². The van der Waals surface area contributed by atoms with Gasteiger partial charge in [-0.15, -0.1) is 0 Å². The third-order valence-electron chi connectivity index (χ3n) is 2.77. The minimum Gasteiger partial charge on any atom is -0.444 e. The van der Waals surface area contributed by atoms with E-state index in [0.717, 1.165) is 23.0 Å². The topological polar surface area (TPSA) is 75.9 Å². The van der Waals surface area contributed by atoms with Crippen LogP contribution in [0.3, 0.4) is 0 Å². The Balaban J connectivity index is 2.19. The molecule has 0 bridgehead atoms. The van der Waals surface area contributed by atoms with Gasteiger partial charge in [0.15, 0.2) is 0 Å². The van der Waals surface area contributed by atoms with Gasteiger partial charge < -0.3 is 15.1 Å². The number of anilines is 2. The Kier molecular flexibility index (Phi) is 3.99. The quantitative estimate of drug-likeness (QED) is 0.861. The normalized spacial score (nSPS) is 10.8. The first-order valence-corrected chi connectivity index (χ1v) is 6.29. The second-order valence-corrected chi connectivity index (χ2v) is 4.61. The zero-order valence-corrected chi connectivity index (χ0v) is 11.7. The monoisotopic (exact) mass is 261 g/mol. The lowest BCUT2D eigenvalue weighted by Gasteiger charge is -2.15. The van der Waals surface area contributed by atoms with Crippen molar-refractivity contribution in [3.63, 3.8) is 0 Å². The molecule has 19 heavy (non-hydrogen) atoms. The molecule has 0 aliphatic rings. The molecule has 2 rings (SSSR count). The number of rotatable bonds is 5. The molecule has 0 aliphatic carbocycles. The lowest BCUT2D eigenvalue weighted by atomic mass is 10.0. The summed E-state index contributed by atoms with van der Waals surface area (Å²) < 4.78 is 5.43. The second-order valence-electron chi connectivity index (χ2n) is 4.61. The molecule has 0 radical (unpaired) electrons. The van der Waals surface area contributed by atoms with Crippen molar-refractivity contribution >= 4 is 11.6 Å². The summed E-state index contributed by atoms with van der Waals surface area (Å²) in [5.74, 6) is 3.43. The second kappa shape index (κ2) is 5.69. The van der Waals surface area contributed by atoms with Gasteiger partial charge >= 0.3 is 0 Å². The molecule has 102 valence electrons. The number of hydrogen-bond donors (Lipinski definition) is 2. The van der Waals surface area contributed by atoms with Gasteiger partial charge in [0.25, 0.3) is 0 Å². The van der Waals surface area contributed by atoms with Crippen molar-refractivity contribution in [3.05, 3.63) is 29.7 Å². The van der Waals surface area contributed by atoms with E-state index in [2.05, 4.69) is 39.4 Å². The molecule has 0 atom stereocenters.